The van der Waals surface area contributed by atoms with E-state index in [-0.39, 0.29) is 5.91 Å². The number of terminal acetylenes is 1. The van der Waals surface area contributed by atoms with Crippen LogP contribution in [0.2, 0.25) is 0 Å². The molecule has 112 valence electrons. The van der Waals surface area contributed by atoms with Crippen LogP contribution in [0.5, 0.6) is 0 Å². The van der Waals surface area contributed by atoms with Crippen molar-refractivity contribution in [1.29, 1.82) is 0 Å². The highest BCUT2D eigenvalue weighted by Crippen LogP contribution is 2.24. The van der Waals surface area contributed by atoms with E-state index in [0.29, 0.717) is 6.04 Å². The highest BCUT2D eigenvalue weighted by atomic mass is 16.1. The number of fused-ring (bicyclic) bond motifs is 1. The Bertz CT molecular complexity index is 531. The number of amides is 1. The van der Waals surface area contributed by atoms with Gasteiger partial charge in [0.1, 0.15) is 0 Å². The van der Waals surface area contributed by atoms with Crippen LogP contribution >= 0.6 is 0 Å². The van der Waals surface area contributed by atoms with E-state index in [1.165, 1.54) is 17.5 Å². The topological polar surface area (TPSA) is 41.1 Å². The van der Waals surface area contributed by atoms with Gasteiger partial charge in [0.05, 0.1) is 0 Å². The first-order valence-electron chi connectivity index (χ1n) is 7.75. The summed E-state index contributed by atoms with van der Waals surface area (Å²) in [7, 11) is 0. The van der Waals surface area contributed by atoms with Crippen molar-refractivity contribution < 1.29 is 4.79 Å². The zero-order valence-electron chi connectivity index (χ0n) is 12.7. The average Bonchev–Trinajstić information content (AvgIpc) is 2.46. The van der Waals surface area contributed by atoms with Crippen molar-refractivity contribution in [2.75, 3.05) is 11.9 Å². The molecule has 2 N–H and O–H groups in total. The zero-order valence-corrected chi connectivity index (χ0v) is 12.7. The van der Waals surface area contributed by atoms with Gasteiger partial charge in [0, 0.05) is 25.1 Å². The Morgan fingerprint density at radius 1 is 1.38 bits per heavy atom. The van der Waals surface area contributed by atoms with Crippen LogP contribution in [0, 0.1) is 12.3 Å². The molecule has 2 rings (SSSR count). The van der Waals surface area contributed by atoms with E-state index in [0.717, 1.165) is 44.3 Å². The van der Waals surface area contributed by atoms with Gasteiger partial charge in [-0.05, 0) is 61.9 Å². The van der Waals surface area contributed by atoms with Crippen LogP contribution in [-0.4, -0.2) is 18.5 Å². The maximum Gasteiger partial charge on any atom is 0.221 e. The Kier molecular flexibility index (Phi) is 5.83. The molecule has 3 nitrogen and oxygen atoms in total. The summed E-state index contributed by atoms with van der Waals surface area (Å²) in [6.45, 7) is 2.58. The summed E-state index contributed by atoms with van der Waals surface area (Å²) in [5.41, 5.74) is 3.67. The average molecular weight is 284 g/mol. The first-order valence-corrected chi connectivity index (χ1v) is 7.75. The third-order valence-corrected chi connectivity index (χ3v) is 3.94. The smallest absolute Gasteiger partial charge is 0.221 e. The number of aryl methyl sites for hydroxylation is 1. The molecule has 0 saturated heterocycles. The highest BCUT2D eigenvalue weighted by Gasteiger charge is 2.18. The summed E-state index contributed by atoms with van der Waals surface area (Å²) in [4.78, 5) is 11.1. The molecule has 1 amide bonds. The minimum absolute atomic E-state index is 0.0195. The molecule has 0 saturated carbocycles. The first kappa shape index (κ1) is 15.6. The van der Waals surface area contributed by atoms with Crippen LogP contribution in [-0.2, 0) is 17.6 Å². The van der Waals surface area contributed by atoms with E-state index in [1.54, 1.807) is 6.92 Å². The van der Waals surface area contributed by atoms with Gasteiger partial charge in [-0.15, -0.1) is 12.3 Å². The lowest BCUT2D eigenvalue weighted by Crippen LogP contribution is -2.35. The molecule has 0 aliphatic heterocycles. The number of nitrogens with one attached hydrogen (secondary N) is 2. The van der Waals surface area contributed by atoms with E-state index >= 15 is 0 Å². The molecule has 1 unspecified atom stereocenters. The maximum atomic E-state index is 11.1. The predicted octanol–water partition coefficient (Wildman–Crippen LogP) is 2.90. The number of carbonyl (C=O) groups excluding carboxylic acids is 1. The molecular weight excluding hydrogens is 260 g/mol. The Hall–Kier alpha value is -1.79. The highest BCUT2D eigenvalue weighted by molar-refractivity contribution is 5.88. The fourth-order valence-electron chi connectivity index (χ4n) is 2.87. The number of unbranched alkanes of at least 4 members (excludes halogenated alkanes) is 2. The van der Waals surface area contributed by atoms with Gasteiger partial charge in [-0.3, -0.25) is 4.79 Å². The lowest BCUT2D eigenvalue weighted by molar-refractivity contribution is -0.114. The second-order valence-corrected chi connectivity index (χ2v) is 5.72. The summed E-state index contributed by atoms with van der Waals surface area (Å²) >= 11 is 0. The van der Waals surface area contributed by atoms with Gasteiger partial charge in [-0.2, -0.15) is 0 Å². The fourth-order valence-corrected chi connectivity index (χ4v) is 2.87. The quantitative estimate of drug-likeness (QED) is 0.623. The van der Waals surface area contributed by atoms with Crippen LogP contribution in [0.15, 0.2) is 18.2 Å². The van der Waals surface area contributed by atoms with E-state index < -0.39 is 0 Å². The molecule has 3 heteroatoms. The normalized spacial score (nSPS) is 16.9. The number of hydrogen-bond donors (Lipinski definition) is 2. The molecule has 21 heavy (non-hydrogen) atoms. The van der Waals surface area contributed by atoms with Crippen molar-refractivity contribution >= 4 is 11.6 Å². The van der Waals surface area contributed by atoms with Crippen LogP contribution in [0.25, 0.3) is 0 Å². The third-order valence-electron chi connectivity index (χ3n) is 3.94. The Morgan fingerprint density at radius 3 is 3.00 bits per heavy atom. The van der Waals surface area contributed by atoms with Crippen LogP contribution < -0.4 is 10.6 Å². The molecule has 1 aromatic rings. The monoisotopic (exact) mass is 284 g/mol. The van der Waals surface area contributed by atoms with E-state index in [9.17, 15) is 4.79 Å². The van der Waals surface area contributed by atoms with E-state index in [1.807, 2.05) is 6.07 Å². The van der Waals surface area contributed by atoms with Crippen molar-refractivity contribution in [3.05, 3.63) is 29.3 Å². The van der Waals surface area contributed by atoms with Crippen LogP contribution in [0.3, 0.4) is 0 Å². The van der Waals surface area contributed by atoms with Crippen LogP contribution in [0.1, 0.15) is 43.7 Å². The predicted molar refractivity (Wildman–Crippen MR) is 87.2 cm³/mol. The molecule has 0 heterocycles. The number of anilines is 1. The Balaban J connectivity index is 1.86. The van der Waals surface area contributed by atoms with E-state index in [2.05, 4.69) is 28.7 Å². The van der Waals surface area contributed by atoms with Gasteiger partial charge >= 0.3 is 0 Å². The molecule has 0 spiro atoms. The molecular formula is C18H24N2O. The minimum Gasteiger partial charge on any atom is -0.326 e. The summed E-state index contributed by atoms with van der Waals surface area (Å²) in [5.74, 6) is 2.66. The van der Waals surface area contributed by atoms with Gasteiger partial charge in [-0.1, -0.05) is 6.07 Å². The molecule has 0 bridgehead atoms. The van der Waals surface area contributed by atoms with Crippen molar-refractivity contribution in [2.24, 2.45) is 0 Å². The number of carbonyl (C=O) groups is 1. The van der Waals surface area contributed by atoms with E-state index in [4.69, 9.17) is 6.42 Å². The lowest BCUT2D eigenvalue weighted by atomic mass is 9.88. The standard InChI is InChI=1S/C18H24N2O/c1-3-4-5-6-11-19-17-9-7-15-8-10-18(20-14(2)21)13-16(15)12-17/h1,8,10,13,17,19H,4-7,9,11-12H2,2H3,(H,20,21). The van der Waals surface area contributed by atoms with Gasteiger partial charge in [-0.25, -0.2) is 0 Å². The fraction of sp³-hybridized carbons (Fsp3) is 0.500. The number of rotatable bonds is 6. The van der Waals surface area contributed by atoms with Crippen molar-refractivity contribution in [3.8, 4) is 12.3 Å². The Labute approximate surface area is 127 Å². The number of hydrogen-bond acceptors (Lipinski definition) is 2. The van der Waals surface area contributed by atoms with Gasteiger partial charge in [0.15, 0.2) is 0 Å². The number of benzene rings is 1. The summed E-state index contributed by atoms with van der Waals surface area (Å²) in [5, 5.41) is 6.48. The van der Waals surface area contributed by atoms with Gasteiger partial charge in [0.25, 0.3) is 0 Å². The molecule has 1 aliphatic rings. The second kappa shape index (κ2) is 7.85. The maximum absolute atomic E-state index is 11.1. The minimum atomic E-state index is -0.0195. The molecule has 0 aromatic heterocycles. The molecule has 0 fully saturated rings. The largest absolute Gasteiger partial charge is 0.326 e. The van der Waals surface area contributed by atoms with Crippen molar-refractivity contribution in [3.63, 3.8) is 0 Å². The molecule has 1 aliphatic carbocycles. The van der Waals surface area contributed by atoms with Gasteiger partial charge < -0.3 is 10.6 Å². The second-order valence-electron chi connectivity index (χ2n) is 5.72. The summed E-state index contributed by atoms with van der Waals surface area (Å²) in [6, 6.07) is 6.79. The molecule has 0 radical (unpaired) electrons. The summed E-state index contributed by atoms with van der Waals surface area (Å²) < 4.78 is 0. The lowest BCUT2D eigenvalue weighted by Gasteiger charge is -2.26. The zero-order chi connectivity index (χ0) is 15.1. The molecule has 1 atom stereocenters. The first-order chi connectivity index (χ1) is 10.2. The van der Waals surface area contributed by atoms with Crippen molar-refractivity contribution in [1.82, 2.24) is 5.32 Å². The van der Waals surface area contributed by atoms with Crippen LogP contribution in [0.4, 0.5) is 5.69 Å². The van der Waals surface area contributed by atoms with Gasteiger partial charge in [0.2, 0.25) is 5.91 Å². The molecule has 1 aromatic carbocycles. The SMILES string of the molecule is C#CCCCCNC1CCc2ccc(NC(C)=O)cc2C1. The third kappa shape index (κ3) is 4.91. The Morgan fingerprint density at radius 2 is 2.24 bits per heavy atom. The van der Waals surface area contributed by atoms with Crippen molar-refractivity contribution in [2.45, 2.75) is 51.5 Å². The summed E-state index contributed by atoms with van der Waals surface area (Å²) in [6.07, 6.45) is 11.7.